The highest BCUT2D eigenvalue weighted by atomic mass is 32.2. The summed E-state index contributed by atoms with van der Waals surface area (Å²) in [6.45, 7) is 9.54. The molecule has 3 aromatic rings. The van der Waals surface area contributed by atoms with Crippen LogP contribution in [0.2, 0.25) is 0 Å². The van der Waals surface area contributed by atoms with Gasteiger partial charge in [0.2, 0.25) is 11.8 Å². The number of aryl methyl sites for hydroxylation is 1. The quantitative estimate of drug-likeness (QED) is 0.357. The van der Waals surface area contributed by atoms with E-state index in [9.17, 15) is 18.0 Å². The molecular weight excluding hydrogens is 516 g/mol. The molecule has 2 amide bonds. The van der Waals surface area contributed by atoms with Gasteiger partial charge in [0.15, 0.2) is 5.82 Å². The Morgan fingerprint density at radius 1 is 1.03 bits per heavy atom. The lowest BCUT2D eigenvalue weighted by molar-refractivity contribution is -0.147. The van der Waals surface area contributed by atoms with Gasteiger partial charge in [-0.2, -0.15) is 0 Å². The van der Waals surface area contributed by atoms with Crippen molar-refractivity contribution in [2.75, 3.05) is 18.8 Å². The fraction of sp³-hybridized carbons (Fsp3) is 0.414. The molecule has 1 heterocycles. The minimum absolute atomic E-state index is 0.0679. The van der Waals surface area contributed by atoms with Gasteiger partial charge in [-0.15, -0.1) is 0 Å². The van der Waals surface area contributed by atoms with Gasteiger partial charge in [-0.1, -0.05) is 68.4 Å². The standard InChI is InChI=1S/C29H38N4O5S/c1-8-11-26(34)33(27(19(2)3)29(35)32(6)7)18-22-14-16-23(17-15-22)24-12-9-10-13-25(24)39(36,37)31-28-20(4)21(5)38-30-28/h9-10,12-17,19,27H,8,11,18H2,1-7H3,(H,30,31)/t27-/m0/s1. The van der Waals surface area contributed by atoms with E-state index >= 15 is 0 Å². The second kappa shape index (κ2) is 12.5. The fourth-order valence-electron chi connectivity index (χ4n) is 4.36. The van der Waals surface area contributed by atoms with Crippen LogP contribution in [0.4, 0.5) is 5.82 Å². The molecule has 0 bridgehead atoms. The maximum Gasteiger partial charge on any atom is 0.263 e. The number of rotatable bonds is 11. The lowest BCUT2D eigenvalue weighted by atomic mass is 9.98. The number of hydrogen-bond donors (Lipinski definition) is 1. The van der Waals surface area contributed by atoms with Crippen LogP contribution in [-0.2, 0) is 26.2 Å². The van der Waals surface area contributed by atoms with Gasteiger partial charge in [-0.05, 0) is 43.4 Å². The summed E-state index contributed by atoms with van der Waals surface area (Å²) in [5.41, 5.74) is 2.68. The third-order valence-corrected chi connectivity index (χ3v) is 8.02. The zero-order chi connectivity index (χ0) is 28.9. The molecule has 1 N–H and O–H groups in total. The average Bonchev–Trinajstić information content (AvgIpc) is 3.20. The summed E-state index contributed by atoms with van der Waals surface area (Å²) in [5.74, 6) is 0.435. The molecule has 0 saturated heterocycles. The van der Waals surface area contributed by atoms with Gasteiger partial charge in [0.1, 0.15) is 11.8 Å². The smallest absolute Gasteiger partial charge is 0.263 e. The highest BCUT2D eigenvalue weighted by molar-refractivity contribution is 7.92. The van der Waals surface area contributed by atoms with Crippen LogP contribution in [0, 0.1) is 19.8 Å². The SMILES string of the molecule is CCCC(=O)N(Cc1ccc(-c2ccccc2S(=O)(=O)Nc2noc(C)c2C)cc1)[C@H](C(=O)N(C)C)C(C)C. The van der Waals surface area contributed by atoms with Crippen LogP contribution in [0.25, 0.3) is 11.1 Å². The zero-order valence-electron chi connectivity index (χ0n) is 23.7. The summed E-state index contributed by atoms with van der Waals surface area (Å²) in [7, 11) is -0.564. The Balaban J connectivity index is 1.93. The number of likely N-dealkylation sites (N-methyl/N-ethyl adjacent to an activating group) is 1. The van der Waals surface area contributed by atoms with Crippen molar-refractivity contribution in [2.45, 2.75) is 64.9 Å². The van der Waals surface area contributed by atoms with Crippen molar-refractivity contribution >= 4 is 27.7 Å². The van der Waals surface area contributed by atoms with Crippen molar-refractivity contribution < 1.29 is 22.5 Å². The second-order valence-corrected chi connectivity index (χ2v) is 11.9. The van der Waals surface area contributed by atoms with Crippen molar-refractivity contribution in [3.05, 3.63) is 65.4 Å². The summed E-state index contributed by atoms with van der Waals surface area (Å²) >= 11 is 0. The van der Waals surface area contributed by atoms with E-state index in [1.807, 2.05) is 45.0 Å². The number of carbonyl (C=O) groups is 2. The highest BCUT2D eigenvalue weighted by Gasteiger charge is 2.33. The normalized spacial score (nSPS) is 12.3. The molecule has 3 rings (SSSR count). The van der Waals surface area contributed by atoms with Crippen molar-refractivity contribution in [1.29, 1.82) is 0 Å². The third-order valence-electron chi connectivity index (χ3n) is 6.63. The topological polar surface area (TPSA) is 113 Å². The number of aromatic nitrogens is 1. The molecule has 0 spiro atoms. The van der Waals surface area contributed by atoms with E-state index in [0.717, 1.165) is 5.56 Å². The van der Waals surface area contributed by atoms with Gasteiger partial charge in [-0.3, -0.25) is 14.3 Å². The lowest BCUT2D eigenvalue weighted by Crippen LogP contribution is -2.51. The molecule has 0 aliphatic rings. The molecule has 0 aliphatic carbocycles. The van der Waals surface area contributed by atoms with Crippen molar-refractivity contribution in [1.82, 2.24) is 15.0 Å². The van der Waals surface area contributed by atoms with E-state index in [1.165, 1.54) is 4.90 Å². The summed E-state index contributed by atoms with van der Waals surface area (Å²) in [4.78, 5) is 29.4. The second-order valence-electron chi connectivity index (χ2n) is 10.2. The molecule has 0 saturated carbocycles. The maximum atomic E-state index is 13.3. The van der Waals surface area contributed by atoms with Gasteiger partial charge in [0.05, 0.1) is 4.90 Å². The Hall–Kier alpha value is -3.66. The maximum absolute atomic E-state index is 13.3. The Kier molecular flexibility index (Phi) is 9.55. The number of nitrogens with zero attached hydrogens (tertiary/aromatic N) is 3. The molecule has 1 atom stereocenters. The minimum atomic E-state index is -3.95. The molecule has 0 aliphatic heterocycles. The summed E-state index contributed by atoms with van der Waals surface area (Å²) in [6, 6.07) is 13.5. The highest BCUT2D eigenvalue weighted by Crippen LogP contribution is 2.30. The van der Waals surface area contributed by atoms with Crippen LogP contribution in [0.3, 0.4) is 0 Å². The Morgan fingerprint density at radius 3 is 2.21 bits per heavy atom. The van der Waals surface area contributed by atoms with E-state index in [0.29, 0.717) is 35.3 Å². The number of amides is 2. The van der Waals surface area contributed by atoms with E-state index in [4.69, 9.17) is 4.52 Å². The van der Waals surface area contributed by atoms with Gasteiger partial charge in [0, 0.05) is 38.2 Å². The van der Waals surface area contributed by atoms with Crippen LogP contribution < -0.4 is 4.72 Å². The Morgan fingerprint density at radius 2 is 1.67 bits per heavy atom. The number of hydrogen-bond acceptors (Lipinski definition) is 6. The van der Waals surface area contributed by atoms with Gasteiger partial charge < -0.3 is 14.3 Å². The first-order valence-electron chi connectivity index (χ1n) is 13.0. The van der Waals surface area contributed by atoms with Crippen LogP contribution in [0.5, 0.6) is 0 Å². The first-order valence-corrected chi connectivity index (χ1v) is 14.5. The molecule has 10 heteroatoms. The summed E-state index contributed by atoms with van der Waals surface area (Å²) < 4.78 is 34.2. The van der Waals surface area contributed by atoms with Crippen LogP contribution in [-0.4, -0.2) is 55.3 Å². The molecule has 210 valence electrons. The Labute approximate surface area is 231 Å². The number of benzene rings is 2. The van der Waals surface area contributed by atoms with Crippen LogP contribution in [0.1, 0.15) is 50.5 Å². The van der Waals surface area contributed by atoms with E-state index in [1.54, 1.807) is 57.1 Å². The number of sulfonamides is 1. The van der Waals surface area contributed by atoms with Crippen molar-refractivity contribution in [3.8, 4) is 11.1 Å². The van der Waals surface area contributed by atoms with Crippen molar-refractivity contribution in [2.24, 2.45) is 5.92 Å². The summed E-state index contributed by atoms with van der Waals surface area (Å²) in [5, 5.41) is 3.82. The molecule has 9 nitrogen and oxygen atoms in total. The third kappa shape index (κ3) is 6.86. The lowest BCUT2D eigenvalue weighted by Gasteiger charge is -2.35. The molecule has 0 fully saturated rings. The zero-order valence-corrected chi connectivity index (χ0v) is 24.5. The molecule has 0 radical (unpaired) electrons. The van der Waals surface area contributed by atoms with E-state index in [-0.39, 0.29) is 35.0 Å². The average molecular weight is 555 g/mol. The van der Waals surface area contributed by atoms with Crippen LogP contribution in [0.15, 0.2) is 57.9 Å². The predicted octanol–water partition coefficient (Wildman–Crippen LogP) is 5.00. The molecular formula is C29H38N4O5S. The largest absolute Gasteiger partial charge is 0.359 e. The molecule has 0 unspecified atom stereocenters. The van der Waals surface area contributed by atoms with Crippen molar-refractivity contribution in [3.63, 3.8) is 0 Å². The molecule has 2 aromatic carbocycles. The Bertz CT molecular complexity index is 1410. The number of carbonyl (C=O) groups excluding carboxylic acids is 2. The van der Waals surface area contributed by atoms with E-state index < -0.39 is 16.1 Å². The predicted molar refractivity (Wildman–Crippen MR) is 151 cm³/mol. The van der Waals surface area contributed by atoms with Gasteiger partial charge in [0.25, 0.3) is 10.0 Å². The minimum Gasteiger partial charge on any atom is -0.359 e. The fourth-order valence-corrected chi connectivity index (χ4v) is 5.65. The van der Waals surface area contributed by atoms with Gasteiger partial charge in [-0.25, -0.2) is 8.42 Å². The van der Waals surface area contributed by atoms with Crippen LogP contribution >= 0.6 is 0 Å². The number of nitrogens with one attached hydrogen (secondary N) is 1. The first kappa shape index (κ1) is 29.9. The molecule has 1 aromatic heterocycles. The molecule has 39 heavy (non-hydrogen) atoms. The number of anilines is 1. The summed E-state index contributed by atoms with van der Waals surface area (Å²) in [6.07, 6.45) is 1.03. The van der Waals surface area contributed by atoms with E-state index in [2.05, 4.69) is 9.88 Å². The van der Waals surface area contributed by atoms with Gasteiger partial charge >= 0.3 is 0 Å². The first-order chi connectivity index (χ1) is 18.4. The monoisotopic (exact) mass is 554 g/mol.